The zero-order valence-electron chi connectivity index (χ0n) is 10.2. The number of fused-ring (bicyclic) bond motifs is 1. The molecule has 3 nitrogen and oxygen atoms in total. The highest BCUT2D eigenvalue weighted by Crippen LogP contribution is 2.27. The van der Waals surface area contributed by atoms with Gasteiger partial charge in [-0.3, -0.25) is 4.57 Å². The lowest BCUT2D eigenvalue weighted by atomic mass is 10.3. The second kappa shape index (κ2) is 4.94. The lowest BCUT2D eigenvalue weighted by Crippen LogP contribution is -2.02. The summed E-state index contributed by atoms with van der Waals surface area (Å²) in [4.78, 5) is 8.98. The molecule has 1 unspecified atom stereocenters. The van der Waals surface area contributed by atoms with E-state index in [4.69, 9.17) is 11.6 Å². The van der Waals surface area contributed by atoms with Crippen molar-refractivity contribution in [1.82, 2.24) is 14.5 Å². The maximum Gasteiger partial charge on any atom is 0.164 e. The molecule has 0 aliphatic heterocycles. The van der Waals surface area contributed by atoms with Gasteiger partial charge in [0.05, 0.1) is 5.38 Å². The molecule has 0 fully saturated rings. The van der Waals surface area contributed by atoms with Crippen LogP contribution in [0.15, 0.2) is 47.1 Å². The number of hydrogen-bond donors (Lipinski definition) is 0. The summed E-state index contributed by atoms with van der Waals surface area (Å²) in [5, 5.41) is -0.183. The fraction of sp³-hybridized carbons (Fsp3) is 0.143. The molecule has 0 saturated heterocycles. The molecule has 0 aliphatic rings. The molecule has 19 heavy (non-hydrogen) atoms. The molecule has 2 heterocycles. The maximum absolute atomic E-state index is 6.24. The first-order valence-corrected chi connectivity index (χ1v) is 7.13. The average molecular weight is 337 g/mol. The summed E-state index contributed by atoms with van der Waals surface area (Å²) in [7, 11) is 0. The second-order valence-corrected chi connectivity index (χ2v) is 5.81. The van der Waals surface area contributed by atoms with Gasteiger partial charge in [0.1, 0.15) is 11.3 Å². The van der Waals surface area contributed by atoms with Crippen molar-refractivity contribution in [2.24, 2.45) is 0 Å². The quantitative estimate of drug-likeness (QED) is 0.646. The van der Waals surface area contributed by atoms with E-state index < -0.39 is 0 Å². The van der Waals surface area contributed by atoms with Crippen LogP contribution in [0, 0.1) is 0 Å². The Morgan fingerprint density at radius 1 is 1.21 bits per heavy atom. The van der Waals surface area contributed by atoms with Crippen molar-refractivity contribution in [1.29, 1.82) is 0 Å². The van der Waals surface area contributed by atoms with E-state index in [0.717, 1.165) is 27.1 Å². The fourth-order valence-electron chi connectivity index (χ4n) is 2.04. The molecule has 0 aliphatic carbocycles. The van der Waals surface area contributed by atoms with Gasteiger partial charge in [0.15, 0.2) is 5.65 Å². The Hall–Kier alpha value is -1.39. The van der Waals surface area contributed by atoms with Crippen LogP contribution in [0.2, 0.25) is 0 Å². The molecule has 3 rings (SSSR count). The molecule has 3 aromatic rings. The molecular weight excluding hydrogens is 326 g/mol. The first-order chi connectivity index (χ1) is 9.16. The number of aromatic nitrogens is 3. The zero-order valence-corrected chi connectivity index (χ0v) is 12.6. The minimum atomic E-state index is -0.183. The lowest BCUT2D eigenvalue weighted by Gasteiger charge is -2.09. The van der Waals surface area contributed by atoms with E-state index in [1.165, 1.54) is 0 Å². The van der Waals surface area contributed by atoms with Gasteiger partial charge < -0.3 is 0 Å². The predicted octanol–water partition coefficient (Wildman–Crippen LogP) is 4.48. The largest absolute Gasteiger partial charge is 0.279 e. The van der Waals surface area contributed by atoms with Crippen LogP contribution >= 0.6 is 27.5 Å². The topological polar surface area (TPSA) is 30.7 Å². The Balaban J connectivity index is 2.31. The number of alkyl halides is 1. The van der Waals surface area contributed by atoms with Gasteiger partial charge in [0.25, 0.3) is 0 Å². The molecule has 96 valence electrons. The Bertz CT molecular complexity index is 719. The average Bonchev–Trinajstić information content (AvgIpc) is 2.79. The number of hydrogen-bond acceptors (Lipinski definition) is 2. The van der Waals surface area contributed by atoms with Gasteiger partial charge in [0, 0.05) is 16.4 Å². The summed E-state index contributed by atoms with van der Waals surface area (Å²) in [6, 6.07) is 11.8. The van der Waals surface area contributed by atoms with Crippen LogP contribution in [0.25, 0.3) is 16.9 Å². The SMILES string of the molecule is CC(Cl)c1nc2cccnc2n1-c1ccc(Br)cc1. The molecule has 1 atom stereocenters. The first-order valence-electron chi connectivity index (χ1n) is 5.90. The summed E-state index contributed by atoms with van der Waals surface area (Å²) >= 11 is 9.68. The molecule has 0 spiro atoms. The second-order valence-electron chi connectivity index (χ2n) is 4.24. The van der Waals surface area contributed by atoms with Crippen molar-refractivity contribution in [2.75, 3.05) is 0 Å². The first kappa shape index (κ1) is 12.6. The molecular formula is C14H11BrClN3. The lowest BCUT2D eigenvalue weighted by molar-refractivity contribution is 0.877. The summed E-state index contributed by atoms with van der Waals surface area (Å²) in [6.45, 7) is 1.91. The number of halogens is 2. The van der Waals surface area contributed by atoms with Gasteiger partial charge in [0.2, 0.25) is 0 Å². The highest BCUT2D eigenvalue weighted by atomic mass is 79.9. The summed E-state index contributed by atoms with van der Waals surface area (Å²) < 4.78 is 3.04. The van der Waals surface area contributed by atoms with Crippen molar-refractivity contribution in [3.8, 4) is 5.69 Å². The molecule has 0 radical (unpaired) electrons. The normalized spacial score (nSPS) is 12.8. The van der Waals surface area contributed by atoms with Gasteiger partial charge in [-0.2, -0.15) is 0 Å². The Labute approximate surface area is 124 Å². The molecule has 2 aromatic heterocycles. The van der Waals surface area contributed by atoms with Crippen molar-refractivity contribution < 1.29 is 0 Å². The molecule has 0 N–H and O–H groups in total. The summed E-state index contributed by atoms with van der Waals surface area (Å²) in [6.07, 6.45) is 1.77. The molecule has 1 aromatic carbocycles. The Morgan fingerprint density at radius 3 is 2.63 bits per heavy atom. The highest BCUT2D eigenvalue weighted by molar-refractivity contribution is 9.10. The van der Waals surface area contributed by atoms with E-state index in [2.05, 4.69) is 25.9 Å². The fourth-order valence-corrected chi connectivity index (χ4v) is 2.45. The van der Waals surface area contributed by atoms with Crippen molar-refractivity contribution in [2.45, 2.75) is 12.3 Å². The van der Waals surface area contributed by atoms with E-state index in [1.807, 2.05) is 47.9 Å². The van der Waals surface area contributed by atoms with Crippen LogP contribution in [-0.2, 0) is 0 Å². The van der Waals surface area contributed by atoms with Crippen LogP contribution in [0.5, 0.6) is 0 Å². The van der Waals surface area contributed by atoms with Crippen LogP contribution < -0.4 is 0 Å². The predicted molar refractivity (Wildman–Crippen MR) is 80.8 cm³/mol. The van der Waals surface area contributed by atoms with E-state index in [-0.39, 0.29) is 5.38 Å². The smallest absolute Gasteiger partial charge is 0.164 e. The maximum atomic E-state index is 6.24. The number of nitrogens with zero attached hydrogens (tertiary/aromatic N) is 3. The highest BCUT2D eigenvalue weighted by Gasteiger charge is 2.16. The monoisotopic (exact) mass is 335 g/mol. The molecule has 0 bridgehead atoms. The van der Waals surface area contributed by atoms with Crippen LogP contribution in [0.1, 0.15) is 18.1 Å². The van der Waals surface area contributed by atoms with Crippen LogP contribution in [0.4, 0.5) is 0 Å². The van der Waals surface area contributed by atoms with E-state index in [9.17, 15) is 0 Å². The van der Waals surface area contributed by atoms with Crippen molar-refractivity contribution in [3.05, 3.63) is 52.9 Å². The number of imidazole rings is 1. The standard InChI is InChI=1S/C14H11BrClN3/c1-9(16)13-18-12-3-2-8-17-14(12)19(13)11-6-4-10(15)5-7-11/h2-9H,1H3. The van der Waals surface area contributed by atoms with Gasteiger partial charge in [-0.05, 0) is 43.3 Å². The third-order valence-electron chi connectivity index (χ3n) is 2.88. The van der Waals surface area contributed by atoms with Gasteiger partial charge in [-0.25, -0.2) is 9.97 Å². The summed E-state index contributed by atoms with van der Waals surface area (Å²) in [5.41, 5.74) is 2.69. The number of benzene rings is 1. The Morgan fingerprint density at radius 2 is 1.95 bits per heavy atom. The third kappa shape index (κ3) is 2.26. The van der Waals surface area contributed by atoms with Gasteiger partial charge in [-0.15, -0.1) is 11.6 Å². The molecule has 5 heteroatoms. The molecule has 0 amide bonds. The van der Waals surface area contributed by atoms with Crippen molar-refractivity contribution >= 4 is 38.7 Å². The zero-order chi connectivity index (χ0) is 13.4. The van der Waals surface area contributed by atoms with Gasteiger partial charge in [-0.1, -0.05) is 15.9 Å². The van der Waals surface area contributed by atoms with E-state index in [0.29, 0.717) is 0 Å². The van der Waals surface area contributed by atoms with Gasteiger partial charge >= 0.3 is 0 Å². The Kier molecular flexibility index (Phi) is 3.29. The summed E-state index contributed by atoms with van der Waals surface area (Å²) in [5.74, 6) is 0.803. The van der Waals surface area contributed by atoms with E-state index >= 15 is 0 Å². The van der Waals surface area contributed by atoms with Crippen LogP contribution in [-0.4, -0.2) is 14.5 Å². The van der Waals surface area contributed by atoms with Crippen LogP contribution in [0.3, 0.4) is 0 Å². The molecule has 0 saturated carbocycles. The number of rotatable bonds is 2. The minimum absolute atomic E-state index is 0.183. The minimum Gasteiger partial charge on any atom is -0.279 e. The number of pyridine rings is 1. The van der Waals surface area contributed by atoms with Crippen molar-refractivity contribution in [3.63, 3.8) is 0 Å². The third-order valence-corrected chi connectivity index (χ3v) is 3.61. The van der Waals surface area contributed by atoms with E-state index in [1.54, 1.807) is 6.20 Å².